The highest BCUT2D eigenvalue weighted by atomic mass is 28.4. The Morgan fingerprint density at radius 1 is 1.31 bits per heavy atom. The smallest absolute Gasteiger partial charge is 0.242 e. The molecule has 0 aromatic heterocycles. The summed E-state index contributed by atoms with van der Waals surface area (Å²) in [7, 11) is -1.66. The average molecular weight is 236 g/mol. The molecule has 0 aliphatic heterocycles. The van der Waals surface area contributed by atoms with Crippen LogP contribution in [0.5, 0.6) is 5.75 Å². The van der Waals surface area contributed by atoms with Gasteiger partial charge >= 0.3 is 0 Å². The van der Waals surface area contributed by atoms with E-state index in [1.165, 1.54) is 0 Å². The van der Waals surface area contributed by atoms with E-state index in [-0.39, 0.29) is 5.78 Å². The number of hydrogen-bond acceptors (Lipinski definition) is 2. The minimum absolute atomic E-state index is 0.147. The summed E-state index contributed by atoms with van der Waals surface area (Å²) in [5.41, 5.74) is 1.84. The highest BCUT2D eigenvalue weighted by molar-refractivity contribution is 6.70. The molecule has 2 nitrogen and oxygen atoms in total. The second kappa shape index (κ2) is 4.83. The summed E-state index contributed by atoms with van der Waals surface area (Å²) in [4.78, 5) is 11.8. The van der Waals surface area contributed by atoms with Gasteiger partial charge in [-0.3, -0.25) is 4.79 Å². The zero-order valence-electron chi connectivity index (χ0n) is 10.8. The van der Waals surface area contributed by atoms with Crippen LogP contribution < -0.4 is 4.43 Å². The molecule has 0 saturated carbocycles. The van der Waals surface area contributed by atoms with Crippen LogP contribution >= 0.6 is 0 Å². The number of aryl methyl sites for hydroxylation is 1. The molecule has 16 heavy (non-hydrogen) atoms. The summed E-state index contributed by atoms with van der Waals surface area (Å²) in [5.74, 6) is 0.902. The maximum absolute atomic E-state index is 11.8. The van der Waals surface area contributed by atoms with E-state index >= 15 is 0 Å². The van der Waals surface area contributed by atoms with Crippen molar-refractivity contribution in [2.24, 2.45) is 0 Å². The van der Waals surface area contributed by atoms with Gasteiger partial charge in [0.1, 0.15) is 5.75 Å². The lowest BCUT2D eigenvalue weighted by molar-refractivity contribution is 0.0986. The first-order valence-corrected chi connectivity index (χ1v) is 9.07. The fraction of sp³-hybridized carbons (Fsp3) is 0.462. The highest BCUT2D eigenvalue weighted by Gasteiger charge is 2.20. The molecule has 1 aromatic rings. The Kier molecular flexibility index (Phi) is 3.91. The number of hydrogen-bond donors (Lipinski definition) is 0. The van der Waals surface area contributed by atoms with Crippen molar-refractivity contribution in [3.8, 4) is 5.75 Å². The maximum atomic E-state index is 11.8. The van der Waals surface area contributed by atoms with Gasteiger partial charge in [0.15, 0.2) is 5.78 Å². The first-order chi connectivity index (χ1) is 7.33. The zero-order valence-corrected chi connectivity index (χ0v) is 11.8. The van der Waals surface area contributed by atoms with Crippen molar-refractivity contribution >= 4 is 14.1 Å². The summed E-state index contributed by atoms with van der Waals surface area (Å²) in [5, 5.41) is 0. The third-order valence-corrected chi connectivity index (χ3v) is 3.01. The van der Waals surface area contributed by atoms with Gasteiger partial charge in [0.2, 0.25) is 8.32 Å². The quantitative estimate of drug-likeness (QED) is 0.587. The summed E-state index contributed by atoms with van der Waals surface area (Å²) in [6.07, 6.45) is 0.519. The van der Waals surface area contributed by atoms with Crippen molar-refractivity contribution < 1.29 is 9.22 Å². The van der Waals surface area contributed by atoms with E-state index in [4.69, 9.17) is 4.43 Å². The summed E-state index contributed by atoms with van der Waals surface area (Å²) in [6.45, 7) is 10.2. The number of ketones is 1. The molecule has 0 fully saturated rings. The Bertz CT molecular complexity index is 391. The second-order valence-corrected chi connectivity index (χ2v) is 9.42. The molecule has 3 heteroatoms. The Labute approximate surface area is 98.8 Å². The first kappa shape index (κ1) is 13.0. The van der Waals surface area contributed by atoms with E-state index in [9.17, 15) is 4.79 Å². The maximum Gasteiger partial charge on any atom is 0.242 e. The van der Waals surface area contributed by atoms with Crippen LogP contribution in [-0.4, -0.2) is 14.1 Å². The van der Waals surface area contributed by atoms with E-state index in [0.717, 1.165) is 16.9 Å². The number of benzene rings is 1. The predicted octanol–water partition coefficient (Wildman–Crippen LogP) is 3.80. The molecule has 0 bridgehead atoms. The van der Waals surface area contributed by atoms with Crippen molar-refractivity contribution in [3.05, 3.63) is 29.3 Å². The lowest BCUT2D eigenvalue weighted by Gasteiger charge is -2.21. The van der Waals surface area contributed by atoms with Crippen LogP contribution in [0.4, 0.5) is 0 Å². The zero-order chi connectivity index (χ0) is 12.3. The van der Waals surface area contributed by atoms with Crippen molar-refractivity contribution in [1.29, 1.82) is 0 Å². The van der Waals surface area contributed by atoms with Gasteiger partial charge in [-0.1, -0.05) is 13.0 Å². The molecule has 0 heterocycles. The molecule has 0 saturated heterocycles. The SMILES string of the molecule is CCC(=O)c1ccc(C)cc1O[Si](C)(C)C. The van der Waals surface area contributed by atoms with Gasteiger partial charge < -0.3 is 4.43 Å². The van der Waals surface area contributed by atoms with Crippen LogP contribution in [0.3, 0.4) is 0 Å². The summed E-state index contributed by atoms with van der Waals surface area (Å²) < 4.78 is 5.95. The van der Waals surface area contributed by atoms with Crippen molar-refractivity contribution in [3.63, 3.8) is 0 Å². The Hall–Kier alpha value is -1.09. The molecule has 0 radical (unpaired) electrons. The van der Waals surface area contributed by atoms with E-state index in [1.807, 2.05) is 32.0 Å². The number of Topliss-reactive ketones (excluding diaryl/α,β-unsaturated/α-hetero) is 1. The lowest BCUT2D eigenvalue weighted by atomic mass is 10.1. The molecular formula is C13H20O2Si. The second-order valence-electron chi connectivity index (χ2n) is 4.99. The minimum atomic E-state index is -1.66. The first-order valence-electron chi connectivity index (χ1n) is 5.66. The topological polar surface area (TPSA) is 26.3 Å². The molecule has 1 aromatic carbocycles. The van der Waals surface area contributed by atoms with Gasteiger partial charge in [0, 0.05) is 6.42 Å². The van der Waals surface area contributed by atoms with Crippen LogP contribution in [0.15, 0.2) is 18.2 Å². The lowest BCUT2D eigenvalue weighted by Crippen LogP contribution is -2.30. The van der Waals surface area contributed by atoms with Crippen LogP contribution in [0, 0.1) is 6.92 Å². The van der Waals surface area contributed by atoms with Crippen LogP contribution in [0.1, 0.15) is 29.3 Å². The fourth-order valence-corrected chi connectivity index (χ4v) is 2.29. The Morgan fingerprint density at radius 3 is 2.44 bits per heavy atom. The molecule has 0 N–H and O–H groups in total. The molecule has 0 amide bonds. The van der Waals surface area contributed by atoms with E-state index in [0.29, 0.717) is 6.42 Å². The van der Waals surface area contributed by atoms with Gasteiger partial charge in [-0.15, -0.1) is 0 Å². The van der Waals surface area contributed by atoms with Gasteiger partial charge in [-0.2, -0.15) is 0 Å². The number of carbonyl (C=O) groups is 1. The van der Waals surface area contributed by atoms with Gasteiger partial charge in [0.05, 0.1) is 5.56 Å². The molecule has 0 atom stereocenters. The predicted molar refractivity (Wildman–Crippen MR) is 69.8 cm³/mol. The van der Waals surface area contributed by atoms with E-state index < -0.39 is 8.32 Å². The Morgan fingerprint density at radius 2 is 1.94 bits per heavy atom. The van der Waals surface area contributed by atoms with Crippen LogP contribution in [0.25, 0.3) is 0 Å². The monoisotopic (exact) mass is 236 g/mol. The van der Waals surface area contributed by atoms with Gasteiger partial charge in [0.25, 0.3) is 0 Å². The van der Waals surface area contributed by atoms with Crippen molar-refractivity contribution in [1.82, 2.24) is 0 Å². The van der Waals surface area contributed by atoms with Gasteiger partial charge in [-0.05, 0) is 44.3 Å². The molecule has 88 valence electrons. The van der Waals surface area contributed by atoms with Gasteiger partial charge in [-0.25, -0.2) is 0 Å². The van der Waals surface area contributed by atoms with E-state index in [1.54, 1.807) is 0 Å². The van der Waals surface area contributed by atoms with Crippen LogP contribution in [0.2, 0.25) is 19.6 Å². The Balaban J connectivity index is 3.13. The minimum Gasteiger partial charge on any atom is -0.544 e. The average Bonchev–Trinajstić information content (AvgIpc) is 2.14. The third kappa shape index (κ3) is 3.49. The summed E-state index contributed by atoms with van der Waals surface area (Å²) >= 11 is 0. The molecule has 0 spiro atoms. The third-order valence-electron chi connectivity index (χ3n) is 2.17. The largest absolute Gasteiger partial charge is 0.544 e. The number of carbonyl (C=O) groups excluding carboxylic acids is 1. The molecule has 0 aliphatic rings. The van der Waals surface area contributed by atoms with Crippen LogP contribution in [-0.2, 0) is 0 Å². The molecular weight excluding hydrogens is 216 g/mol. The molecule has 0 unspecified atom stereocenters. The molecule has 1 rings (SSSR count). The molecule has 0 aliphatic carbocycles. The number of rotatable bonds is 4. The highest BCUT2D eigenvalue weighted by Crippen LogP contribution is 2.24. The normalized spacial score (nSPS) is 11.3. The summed E-state index contributed by atoms with van der Waals surface area (Å²) in [6, 6.07) is 5.79. The van der Waals surface area contributed by atoms with Crippen molar-refractivity contribution in [2.45, 2.75) is 39.9 Å². The standard InChI is InChI=1S/C13H20O2Si/c1-6-12(14)11-8-7-10(2)9-13(11)15-16(3,4)5/h7-9H,6H2,1-5H3. The van der Waals surface area contributed by atoms with Crippen molar-refractivity contribution in [2.75, 3.05) is 0 Å². The fourth-order valence-electron chi connectivity index (χ4n) is 1.46. The van der Waals surface area contributed by atoms with E-state index in [2.05, 4.69) is 19.6 Å².